The summed E-state index contributed by atoms with van der Waals surface area (Å²) in [5.41, 5.74) is 1.39. The smallest absolute Gasteiger partial charge is 0.0318 e. The van der Waals surface area contributed by atoms with E-state index >= 15 is 0 Å². The molecule has 0 aliphatic heterocycles. The van der Waals surface area contributed by atoms with Crippen molar-refractivity contribution in [2.45, 2.75) is 32.4 Å². The van der Waals surface area contributed by atoms with Gasteiger partial charge >= 0.3 is 0 Å². The largest absolute Gasteiger partial charge is 0.308 e. The van der Waals surface area contributed by atoms with Gasteiger partial charge in [-0.15, -0.1) is 0 Å². The van der Waals surface area contributed by atoms with E-state index in [0.29, 0.717) is 12.1 Å². The molecule has 0 heterocycles. The first-order valence-electron chi connectivity index (χ1n) is 6.10. The van der Waals surface area contributed by atoms with Crippen molar-refractivity contribution >= 4 is 0 Å². The molecule has 90 valence electrons. The Kier molecular flexibility index (Phi) is 5.50. The molecule has 0 aliphatic carbocycles. The second kappa shape index (κ2) is 6.66. The monoisotopic (exact) mass is 220 g/mol. The fourth-order valence-electron chi connectivity index (χ4n) is 1.68. The number of likely N-dealkylation sites (N-methyl/N-ethyl adjacent to an activating group) is 1. The van der Waals surface area contributed by atoms with Crippen LogP contribution in [0.2, 0.25) is 0 Å². The van der Waals surface area contributed by atoms with Crippen molar-refractivity contribution in [3.63, 3.8) is 0 Å². The van der Waals surface area contributed by atoms with Crippen molar-refractivity contribution in [3.05, 3.63) is 35.9 Å². The molecule has 0 aromatic heterocycles. The minimum Gasteiger partial charge on any atom is -0.308 e. The van der Waals surface area contributed by atoms with Gasteiger partial charge in [0.25, 0.3) is 0 Å². The lowest BCUT2D eigenvalue weighted by molar-refractivity contribution is 0.292. The van der Waals surface area contributed by atoms with Gasteiger partial charge in [-0.3, -0.25) is 0 Å². The van der Waals surface area contributed by atoms with Crippen molar-refractivity contribution < 1.29 is 0 Å². The molecular weight excluding hydrogens is 196 g/mol. The lowest BCUT2D eigenvalue weighted by Crippen LogP contribution is -2.37. The molecule has 2 atom stereocenters. The van der Waals surface area contributed by atoms with E-state index in [1.165, 1.54) is 5.56 Å². The fraction of sp³-hybridized carbons (Fsp3) is 0.571. The second-order valence-corrected chi connectivity index (χ2v) is 4.59. The van der Waals surface area contributed by atoms with Gasteiger partial charge in [-0.25, -0.2) is 0 Å². The van der Waals surface area contributed by atoms with Crippen LogP contribution in [0.25, 0.3) is 0 Å². The molecule has 0 radical (unpaired) electrons. The summed E-state index contributed by atoms with van der Waals surface area (Å²) in [7, 11) is 4.24. The molecule has 0 bridgehead atoms. The molecule has 16 heavy (non-hydrogen) atoms. The Morgan fingerprint density at radius 2 is 1.81 bits per heavy atom. The van der Waals surface area contributed by atoms with Crippen LogP contribution >= 0.6 is 0 Å². The number of nitrogens with zero attached hydrogens (tertiary/aromatic N) is 1. The topological polar surface area (TPSA) is 15.3 Å². The number of hydrogen-bond acceptors (Lipinski definition) is 2. The Morgan fingerprint density at radius 3 is 2.31 bits per heavy atom. The fourth-order valence-corrected chi connectivity index (χ4v) is 1.68. The predicted molar refractivity (Wildman–Crippen MR) is 70.6 cm³/mol. The van der Waals surface area contributed by atoms with Crippen molar-refractivity contribution in [2.24, 2.45) is 0 Å². The predicted octanol–water partition coefficient (Wildman–Crippen LogP) is 2.68. The maximum absolute atomic E-state index is 3.63. The van der Waals surface area contributed by atoms with Crippen LogP contribution in [0.15, 0.2) is 30.3 Å². The summed E-state index contributed by atoms with van der Waals surface area (Å²) in [6.45, 7) is 5.50. The molecule has 0 saturated carbocycles. The average Bonchev–Trinajstić information content (AvgIpc) is 2.30. The highest BCUT2D eigenvalue weighted by atomic mass is 15.1. The average molecular weight is 220 g/mol. The molecule has 0 amide bonds. The number of benzene rings is 1. The first-order chi connectivity index (χ1) is 7.65. The van der Waals surface area contributed by atoms with E-state index in [2.05, 4.69) is 68.5 Å². The summed E-state index contributed by atoms with van der Waals surface area (Å²) in [6.07, 6.45) is 1.13. The number of hydrogen-bond donors (Lipinski definition) is 1. The quantitative estimate of drug-likeness (QED) is 0.793. The van der Waals surface area contributed by atoms with Gasteiger partial charge in [0.1, 0.15) is 0 Å². The Bertz CT molecular complexity index is 282. The molecule has 1 rings (SSSR count). The van der Waals surface area contributed by atoms with Crippen molar-refractivity contribution in [2.75, 3.05) is 20.6 Å². The lowest BCUT2D eigenvalue weighted by atomic mass is 10.0. The normalized spacial score (nSPS) is 15.1. The molecule has 1 aromatic carbocycles. The van der Waals surface area contributed by atoms with E-state index in [9.17, 15) is 0 Å². The van der Waals surface area contributed by atoms with E-state index in [0.717, 1.165) is 13.0 Å². The van der Waals surface area contributed by atoms with Gasteiger partial charge in [0.05, 0.1) is 0 Å². The van der Waals surface area contributed by atoms with Crippen LogP contribution in [-0.4, -0.2) is 31.6 Å². The van der Waals surface area contributed by atoms with Crippen molar-refractivity contribution in [3.8, 4) is 0 Å². The van der Waals surface area contributed by atoms with Crippen LogP contribution in [0.5, 0.6) is 0 Å². The van der Waals surface area contributed by atoms with Crippen molar-refractivity contribution in [1.82, 2.24) is 10.2 Å². The Labute approximate surface area is 99.7 Å². The van der Waals surface area contributed by atoms with E-state index in [4.69, 9.17) is 0 Å². The Balaban J connectivity index is 2.50. The molecule has 2 heteroatoms. The maximum Gasteiger partial charge on any atom is 0.0318 e. The Morgan fingerprint density at radius 1 is 1.19 bits per heavy atom. The molecule has 1 aromatic rings. The summed E-state index contributed by atoms with van der Waals surface area (Å²) >= 11 is 0. The van der Waals surface area contributed by atoms with Crippen LogP contribution in [0.4, 0.5) is 0 Å². The van der Waals surface area contributed by atoms with E-state index < -0.39 is 0 Å². The third kappa shape index (κ3) is 3.95. The SMILES string of the molecule is CCC(NCC(C)N(C)C)c1ccccc1. The number of rotatable bonds is 6. The first kappa shape index (κ1) is 13.2. The van der Waals surface area contributed by atoms with Gasteiger partial charge in [0, 0.05) is 18.6 Å². The maximum atomic E-state index is 3.63. The summed E-state index contributed by atoms with van der Waals surface area (Å²) in [5, 5.41) is 3.63. The zero-order valence-electron chi connectivity index (χ0n) is 10.9. The highest BCUT2D eigenvalue weighted by Gasteiger charge is 2.10. The van der Waals surface area contributed by atoms with Crippen LogP contribution in [0, 0.1) is 0 Å². The van der Waals surface area contributed by atoms with Gasteiger partial charge in [0.2, 0.25) is 0 Å². The van der Waals surface area contributed by atoms with Gasteiger partial charge < -0.3 is 10.2 Å². The minimum atomic E-state index is 0.476. The molecule has 2 unspecified atom stereocenters. The zero-order chi connectivity index (χ0) is 12.0. The zero-order valence-corrected chi connectivity index (χ0v) is 10.9. The third-order valence-corrected chi connectivity index (χ3v) is 3.15. The van der Waals surface area contributed by atoms with Crippen LogP contribution in [0.1, 0.15) is 31.9 Å². The summed E-state index contributed by atoms with van der Waals surface area (Å²) in [4.78, 5) is 2.24. The molecule has 1 N–H and O–H groups in total. The summed E-state index contributed by atoms with van der Waals surface area (Å²) in [6, 6.07) is 11.7. The van der Waals surface area contributed by atoms with Crippen LogP contribution < -0.4 is 5.32 Å². The first-order valence-corrected chi connectivity index (χ1v) is 6.10. The molecule has 0 aliphatic rings. The molecular formula is C14H24N2. The van der Waals surface area contributed by atoms with Gasteiger partial charge in [-0.1, -0.05) is 37.3 Å². The highest BCUT2D eigenvalue weighted by molar-refractivity contribution is 5.18. The van der Waals surface area contributed by atoms with Crippen LogP contribution in [0.3, 0.4) is 0 Å². The molecule has 2 nitrogen and oxygen atoms in total. The van der Waals surface area contributed by atoms with E-state index in [1.54, 1.807) is 0 Å². The van der Waals surface area contributed by atoms with Gasteiger partial charge in [-0.05, 0) is 33.0 Å². The van der Waals surface area contributed by atoms with Crippen molar-refractivity contribution in [1.29, 1.82) is 0 Å². The van der Waals surface area contributed by atoms with Crippen LogP contribution in [-0.2, 0) is 0 Å². The summed E-state index contributed by atoms with van der Waals surface area (Å²) < 4.78 is 0. The number of nitrogens with one attached hydrogen (secondary N) is 1. The minimum absolute atomic E-state index is 0.476. The molecule has 0 fully saturated rings. The molecule has 0 spiro atoms. The summed E-state index contributed by atoms with van der Waals surface area (Å²) in [5.74, 6) is 0. The second-order valence-electron chi connectivity index (χ2n) is 4.59. The third-order valence-electron chi connectivity index (χ3n) is 3.15. The lowest BCUT2D eigenvalue weighted by Gasteiger charge is -2.24. The standard InChI is InChI=1S/C14H24N2/c1-5-14(13-9-7-6-8-10-13)15-11-12(2)16(3)4/h6-10,12,14-15H,5,11H2,1-4H3. The molecule has 0 saturated heterocycles. The van der Waals surface area contributed by atoms with Gasteiger partial charge in [-0.2, -0.15) is 0 Å². The van der Waals surface area contributed by atoms with E-state index in [-0.39, 0.29) is 0 Å². The highest BCUT2D eigenvalue weighted by Crippen LogP contribution is 2.15. The van der Waals surface area contributed by atoms with Gasteiger partial charge in [0.15, 0.2) is 0 Å². The van der Waals surface area contributed by atoms with E-state index in [1.807, 2.05) is 0 Å². The Hall–Kier alpha value is -0.860.